The third-order valence-corrected chi connectivity index (χ3v) is 15.0. The zero-order chi connectivity index (χ0) is 64.2. The number of nitrogens with zero attached hydrogens (tertiary/aromatic N) is 2. The van der Waals surface area contributed by atoms with E-state index in [1.807, 2.05) is 0 Å². The van der Waals surface area contributed by atoms with Gasteiger partial charge in [-0.15, -0.1) is 0 Å². The third-order valence-electron chi connectivity index (χ3n) is 12.9. The summed E-state index contributed by atoms with van der Waals surface area (Å²) in [6.45, 7) is 20.2. The summed E-state index contributed by atoms with van der Waals surface area (Å²) in [5, 5.41) is 2.25. The monoisotopic (exact) mass is 1250 g/mol. The van der Waals surface area contributed by atoms with E-state index in [9.17, 15) is 76.3 Å². The summed E-state index contributed by atoms with van der Waals surface area (Å²) >= 11 is 0. The first-order valence-electron chi connectivity index (χ1n) is 25.1. The molecule has 2 unspecified atom stereocenters. The van der Waals surface area contributed by atoms with Crippen LogP contribution in [0.5, 0.6) is 23.0 Å². The number of amides is 1. The number of hydrogen-bond acceptors (Lipinski definition) is 11. The van der Waals surface area contributed by atoms with Crippen LogP contribution in [-0.2, 0) is 29.0 Å². The highest BCUT2D eigenvalue weighted by Gasteiger charge is 2.95. The quantitative estimate of drug-likeness (QED) is 0.0242. The van der Waals surface area contributed by atoms with E-state index in [0.29, 0.717) is 0 Å². The molecule has 0 aliphatic carbocycles. The molecule has 1 N–H and O–H groups in total. The van der Waals surface area contributed by atoms with E-state index < -0.39 is 146 Å². The lowest BCUT2D eigenvalue weighted by Gasteiger charge is -2.43. The molecule has 0 saturated heterocycles. The number of alkyl halides is 17. The van der Waals surface area contributed by atoms with Crippen LogP contribution in [0.15, 0.2) is 54.6 Å². The number of carbonyl (C=O) groups excluding carboxylic acids is 4. The smallest absolute Gasteiger partial charge is 0.456 e. The van der Waals surface area contributed by atoms with Crippen molar-refractivity contribution in [1.29, 1.82) is 0 Å². The number of carbonyl (C=O) groups is 4. The number of benzene rings is 3. The van der Waals surface area contributed by atoms with Crippen LogP contribution >= 0.6 is 8.53 Å². The van der Waals surface area contributed by atoms with Gasteiger partial charge < -0.3 is 38.2 Å². The number of rotatable bonds is 23. The third kappa shape index (κ3) is 12.6. The SMILES string of the molecule is [C-]#[N+]CCOP(OCC(CCC(F)(F)C(F)(F)C(F)(F)C(F)(F)C(F)(F)C(F)(F)C(F)(F)C(F)(F)F)CNC(=O)c1ccc2c(c1)C1(OC2=O)c2ccc(OC(=O)C(C)(C)C)cc2Oc2cc(OC(=O)C(C)(C)C)ccc21)N(C(C)C)C(C)C. The van der Waals surface area contributed by atoms with Crippen molar-refractivity contribution in [3.8, 4) is 23.0 Å². The summed E-state index contributed by atoms with van der Waals surface area (Å²) < 4.78 is 279. The fraction of sp³-hybridized carbons (Fsp3) is 0.566. The van der Waals surface area contributed by atoms with Gasteiger partial charge in [-0.05, 0) is 118 Å². The van der Waals surface area contributed by atoms with Crippen molar-refractivity contribution < 1.29 is 122 Å². The van der Waals surface area contributed by atoms with Crippen LogP contribution in [0.4, 0.5) is 74.6 Å². The summed E-state index contributed by atoms with van der Waals surface area (Å²) in [7, 11) is -2.42. The Hall–Kier alpha value is -6.05. The Morgan fingerprint density at radius 3 is 1.55 bits per heavy atom. The number of hydrogen-bond donors (Lipinski definition) is 1. The summed E-state index contributed by atoms with van der Waals surface area (Å²) in [4.78, 5) is 57.0. The van der Waals surface area contributed by atoms with Crippen LogP contribution in [0, 0.1) is 23.3 Å². The number of fused-ring (bicyclic) bond motifs is 6. The molecule has 31 heteroatoms. The summed E-state index contributed by atoms with van der Waals surface area (Å²) in [5.41, 5.74) is -4.67. The molecule has 0 bridgehead atoms. The van der Waals surface area contributed by atoms with Crippen LogP contribution in [-0.4, -0.2) is 115 Å². The lowest BCUT2D eigenvalue weighted by molar-refractivity contribution is -0.461. The molecule has 3 aromatic carbocycles. The van der Waals surface area contributed by atoms with E-state index in [1.54, 1.807) is 69.2 Å². The molecule has 1 amide bonds. The van der Waals surface area contributed by atoms with Gasteiger partial charge in [0, 0.05) is 65.4 Å². The van der Waals surface area contributed by atoms with Crippen LogP contribution in [0.25, 0.3) is 4.85 Å². The van der Waals surface area contributed by atoms with E-state index in [1.165, 1.54) is 41.1 Å². The molecule has 466 valence electrons. The highest BCUT2D eigenvalue weighted by molar-refractivity contribution is 7.44. The van der Waals surface area contributed by atoms with Gasteiger partial charge in [-0.3, -0.25) is 14.4 Å². The van der Waals surface area contributed by atoms with Crippen molar-refractivity contribution in [3.63, 3.8) is 0 Å². The normalized spacial score (nSPS) is 15.9. The standard InChI is InChI=1S/C53H55F17N3O10P/c1-27(2)73(28(3)4)84(78-21-20-71-11)79-26-29(18-19-45(54,55)47(56,57)48(58,59)49(60,61)50(62,63)51(64,65)52(66,67)53(68,69)70)25-72-39(74)30-12-15-33-36(22-30)46(83-40(33)75)34-16-13-31(80-41(76)43(5,6)7)23-37(34)82-38-24-32(14-17-35(38)46)81-42(77)44(8,9)10/h12-17,22-24,27-29H,18-21,25-26H2,1-10H3,(H,72,74). The first-order valence-corrected chi connectivity index (χ1v) is 26.2. The van der Waals surface area contributed by atoms with E-state index >= 15 is 17.6 Å². The zero-order valence-electron chi connectivity index (χ0n) is 46.0. The molecule has 0 fully saturated rings. The van der Waals surface area contributed by atoms with Crippen LogP contribution < -0.4 is 19.5 Å². The highest BCUT2D eigenvalue weighted by Crippen LogP contribution is 2.65. The molecule has 1 spiro atoms. The summed E-state index contributed by atoms with van der Waals surface area (Å²) in [5.74, 6) is -63.7. The molecule has 2 atom stereocenters. The number of halogens is 17. The Labute approximate surface area is 470 Å². The van der Waals surface area contributed by atoms with E-state index in [2.05, 4.69) is 10.2 Å². The van der Waals surface area contributed by atoms with Gasteiger partial charge in [0.2, 0.25) is 6.54 Å². The second-order valence-electron chi connectivity index (χ2n) is 22.1. The van der Waals surface area contributed by atoms with Crippen molar-refractivity contribution in [2.24, 2.45) is 16.7 Å². The van der Waals surface area contributed by atoms with Crippen LogP contribution in [0.2, 0.25) is 0 Å². The number of nitrogens with one attached hydrogen (secondary N) is 1. The second-order valence-corrected chi connectivity index (χ2v) is 23.6. The van der Waals surface area contributed by atoms with Gasteiger partial charge in [0.05, 0.1) is 23.0 Å². The van der Waals surface area contributed by atoms with Crippen LogP contribution in [0.1, 0.15) is 119 Å². The van der Waals surface area contributed by atoms with E-state index in [-0.39, 0.29) is 58.4 Å². The molecule has 0 aromatic heterocycles. The van der Waals surface area contributed by atoms with Crippen molar-refractivity contribution in [2.75, 3.05) is 26.3 Å². The second kappa shape index (κ2) is 23.7. The van der Waals surface area contributed by atoms with Crippen LogP contribution in [0.3, 0.4) is 0 Å². The molecule has 0 radical (unpaired) electrons. The number of esters is 3. The van der Waals surface area contributed by atoms with Gasteiger partial charge in [-0.25, -0.2) is 16.0 Å². The molecule has 5 rings (SSSR count). The Morgan fingerprint density at radius 1 is 0.643 bits per heavy atom. The maximum Gasteiger partial charge on any atom is 0.460 e. The Bertz CT molecular complexity index is 2920. The maximum absolute atomic E-state index is 15.5. The fourth-order valence-corrected chi connectivity index (χ4v) is 9.94. The minimum Gasteiger partial charge on any atom is -0.456 e. The van der Waals surface area contributed by atoms with Gasteiger partial charge in [0.1, 0.15) is 29.6 Å². The molecule has 2 aliphatic heterocycles. The lowest BCUT2D eigenvalue weighted by atomic mass is 9.77. The van der Waals surface area contributed by atoms with Crippen molar-refractivity contribution in [2.45, 2.75) is 147 Å². The average molecular weight is 1250 g/mol. The lowest BCUT2D eigenvalue weighted by Crippen LogP contribution is -2.74. The molecular formula is C53H55F17N3O10P. The molecule has 3 aromatic rings. The van der Waals surface area contributed by atoms with Crippen molar-refractivity contribution in [1.82, 2.24) is 9.99 Å². The molecule has 0 saturated carbocycles. The topological polar surface area (TPSA) is 143 Å². The summed E-state index contributed by atoms with van der Waals surface area (Å²) in [6, 6.07) is 10.2. The van der Waals surface area contributed by atoms with Gasteiger partial charge in [0.15, 0.2) is 5.60 Å². The molecule has 2 heterocycles. The first-order chi connectivity index (χ1) is 38.1. The molecule has 84 heavy (non-hydrogen) atoms. The minimum absolute atomic E-state index is 0.0524. The largest absolute Gasteiger partial charge is 0.460 e. The minimum atomic E-state index is -8.82. The van der Waals surface area contributed by atoms with Gasteiger partial charge in [-0.1, -0.05) is 0 Å². The zero-order valence-corrected chi connectivity index (χ0v) is 46.9. The van der Waals surface area contributed by atoms with Crippen molar-refractivity contribution >= 4 is 32.3 Å². The van der Waals surface area contributed by atoms with E-state index in [0.717, 1.165) is 18.2 Å². The average Bonchev–Trinajstić information content (AvgIpc) is 1.33. The maximum atomic E-state index is 15.5. The van der Waals surface area contributed by atoms with Gasteiger partial charge in [-0.2, -0.15) is 74.6 Å². The fourth-order valence-electron chi connectivity index (χ4n) is 8.27. The Kier molecular flexibility index (Phi) is 19.4. The predicted molar refractivity (Wildman–Crippen MR) is 263 cm³/mol. The molecular weight excluding hydrogens is 1190 g/mol. The van der Waals surface area contributed by atoms with E-state index in [4.69, 9.17) is 34.6 Å². The van der Waals surface area contributed by atoms with Gasteiger partial charge >= 0.3 is 65.5 Å². The summed E-state index contributed by atoms with van der Waals surface area (Å²) in [6.07, 6.45) is -12.4. The Balaban J connectivity index is 1.57. The highest BCUT2D eigenvalue weighted by atomic mass is 31.2. The first kappa shape index (κ1) is 68.7. The number of ether oxygens (including phenoxy) is 4. The predicted octanol–water partition coefficient (Wildman–Crippen LogP) is 14.6. The molecule has 2 aliphatic rings. The Morgan fingerprint density at radius 2 is 1.11 bits per heavy atom. The van der Waals surface area contributed by atoms with Crippen molar-refractivity contribution in [3.05, 3.63) is 93.8 Å². The van der Waals surface area contributed by atoms with Gasteiger partial charge in [0.25, 0.3) is 14.4 Å². The molecule has 13 nitrogen and oxygen atoms in total.